The fourth-order valence-corrected chi connectivity index (χ4v) is 4.46. The summed E-state index contributed by atoms with van der Waals surface area (Å²) >= 11 is 0. The average molecular weight is 405 g/mol. The zero-order valence-corrected chi connectivity index (χ0v) is 17.4. The summed E-state index contributed by atoms with van der Waals surface area (Å²) in [6, 6.07) is 16.3. The van der Waals surface area contributed by atoms with Gasteiger partial charge in [0.05, 0.1) is 5.92 Å². The van der Waals surface area contributed by atoms with E-state index in [1.807, 2.05) is 29.2 Å². The van der Waals surface area contributed by atoms with Gasteiger partial charge < -0.3 is 4.90 Å². The topological polar surface area (TPSA) is 66.5 Å². The monoisotopic (exact) mass is 404 g/mol. The largest absolute Gasteiger partial charge is 0.339 e. The SMILES string of the molecule is CCc1ccc(C2CCN(C(=O)c3ccc(CC4CC(=O)NC4=O)cc3)CC2)cc1. The Morgan fingerprint density at radius 3 is 2.17 bits per heavy atom. The standard InChI is InChI=1S/C25H28N2O3/c1-2-17-3-7-19(8-4-17)20-11-13-27(14-12-20)25(30)21-9-5-18(6-10-21)15-22-16-23(28)26-24(22)29/h3-10,20,22H,2,11-16H2,1H3,(H,26,28,29). The second-order valence-corrected chi connectivity index (χ2v) is 8.38. The predicted octanol–water partition coefficient (Wildman–Crippen LogP) is 3.47. The molecule has 1 unspecified atom stereocenters. The summed E-state index contributed by atoms with van der Waals surface area (Å²) in [7, 11) is 0. The van der Waals surface area contributed by atoms with Crippen molar-refractivity contribution in [2.75, 3.05) is 13.1 Å². The highest BCUT2D eigenvalue weighted by Gasteiger charge is 2.30. The zero-order valence-electron chi connectivity index (χ0n) is 17.4. The van der Waals surface area contributed by atoms with Crippen molar-refractivity contribution in [3.05, 3.63) is 70.8 Å². The molecule has 30 heavy (non-hydrogen) atoms. The number of likely N-dealkylation sites (tertiary alicyclic amines) is 1. The summed E-state index contributed by atoms with van der Waals surface area (Å²) in [5.41, 5.74) is 4.38. The summed E-state index contributed by atoms with van der Waals surface area (Å²) < 4.78 is 0. The number of piperidine rings is 1. The molecular formula is C25H28N2O3. The third-order valence-corrected chi connectivity index (χ3v) is 6.39. The first-order valence-electron chi connectivity index (χ1n) is 10.8. The lowest BCUT2D eigenvalue weighted by Crippen LogP contribution is -2.37. The van der Waals surface area contributed by atoms with Crippen LogP contribution in [0.1, 0.15) is 59.2 Å². The number of carbonyl (C=O) groups is 3. The number of hydrogen-bond donors (Lipinski definition) is 1. The molecule has 0 bridgehead atoms. The summed E-state index contributed by atoms with van der Waals surface area (Å²) in [6.07, 6.45) is 3.79. The minimum atomic E-state index is -0.301. The molecule has 5 nitrogen and oxygen atoms in total. The Balaban J connectivity index is 1.32. The van der Waals surface area contributed by atoms with Gasteiger partial charge in [-0.1, -0.05) is 43.3 Å². The van der Waals surface area contributed by atoms with E-state index in [0.29, 0.717) is 17.9 Å². The van der Waals surface area contributed by atoms with Crippen molar-refractivity contribution in [1.29, 1.82) is 0 Å². The maximum atomic E-state index is 12.9. The molecule has 0 aliphatic carbocycles. The minimum absolute atomic E-state index is 0.0649. The molecule has 1 N–H and O–H groups in total. The molecule has 5 heteroatoms. The quantitative estimate of drug-likeness (QED) is 0.776. The lowest BCUT2D eigenvalue weighted by Gasteiger charge is -2.32. The van der Waals surface area contributed by atoms with Crippen LogP contribution in [0.2, 0.25) is 0 Å². The first kappa shape index (κ1) is 20.3. The highest BCUT2D eigenvalue weighted by molar-refractivity contribution is 6.03. The van der Waals surface area contributed by atoms with E-state index >= 15 is 0 Å². The molecule has 0 radical (unpaired) electrons. The molecule has 0 aromatic heterocycles. The molecule has 0 saturated carbocycles. The van der Waals surface area contributed by atoms with E-state index < -0.39 is 0 Å². The Morgan fingerprint density at radius 2 is 1.60 bits per heavy atom. The number of imide groups is 1. The van der Waals surface area contributed by atoms with Gasteiger partial charge in [-0.2, -0.15) is 0 Å². The van der Waals surface area contributed by atoms with Crippen LogP contribution >= 0.6 is 0 Å². The second kappa shape index (κ2) is 8.82. The molecule has 2 aromatic rings. The number of carbonyl (C=O) groups excluding carboxylic acids is 3. The number of benzene rings is 2. The Morgan fingerprint density at radius 1 is 0.967 bits per heavy atom. The maximum absolute atomic E-state index is 12.9. The van der Waals surface area contributed by atoms with E-state index in [-0.39, 0.29) is 30.1 Å². The summed E-state index contributed by atoms with van der Waals surface area (Å²) in [5.74, 6) is -0.129. The Kier molecular flexibility index (Phi) is 5.98. The summed E-state index contributed by atoms with van der Waals surface area (Å²) in [6.45, 7) is 3.70. The summed E-state index contributed by atoms with van der Waals surface area (Å²) in [4.78, 5) is 37.9. The zero-order chi connectivity index (χ0) is 21.1. The number of amides is 3. The van der Waals surface area contributed by atoms with Gasteiger partial charge in [-0.3, -0.25) is 19.7 Å². The molecule has 0 spiro atoms. The third kappa shape index (κ3) is 4.45. The molecular weight excluding hydrogens is 376 g/mol. The lowest BCUT2D eigenvalue weighted by molar-refractivity contribution is -0.125. The molecule has 1 atom stereocenters. The third-order valence-electron chi connectivity index (χ3n) is 6.39. The molecule has 4 rings (SSSR count). The lowest BCUT2D eigenvalue weighted by atomic mass is 9.88. The number of rotatable bonds is 5. The van der Waals surface area contributed by atoms with E-state index in [4.69, 9.17) is 0 Å². The van der Waals surface area contributed by atoms with Crippen LogP contribution in [0.5, 0.6) is 0 Å². The first-order chi connectivity index (χ1) is 14.5. The van der Waals surface area contributed by atoms with E-state index in [1.54, 1.807) is 0 Å². The van der Waals surface area contributed by atoms with Crippen molar-refractivity contribution >= 4 is 17.7 Å². The van der Waals surface area contributed by atoms with Crippen LogP contribution < -0.4 is 5.32 Å². The van der Waals surface area contributed by atoms with Crippen molar-refractivity contribution in [3.63, 3.8) is 0 Å². The first-order valence-corrected chi connectivity index (χ1v) is 10.8. The average Bonchev–Trinajstić information content (AvgIpc) is 3.10. The number of aryl methyl sites for hydroxylation is 1. The second-order valence-electron chi connectivity index (χ2n) is 8.38. The normalized spacial score (nSPS) is 19.8. The van der Waals surface area contributed by atoms with Gasteiger partial charge in [-0.05, 0) is 60.4 Å². The molecule has 2 saturated heterocycles. The van der Waals surface area contributed by atoms with Gasteiger partial charge in [0.25, 0.3) is 5.91 Å². The molecule has 2 fully saturated rings. The molecule has 2 aromatic carbocycles. The van der Waals surface area contributed by atoms with Gasteiger partial charge in [-0.15, -0.1) is 0 Å². The van der Waals surface area contributed by atoms with Crippen molar-refractivity contribution < 1.29 is 14.4 Å². The Bertz CT molecular complexity index is 926. The predicted molar refractivity (Wildman–Crippen MR) is 115 cm³/mol. The van der Waals surface area contributed by atoms with E-state index in [1.165, 1.54) is 11.1 Å². The molecule has 3 amide bonds. The Hall–Kier alpha value is -2.95. The van der Waals surface area contributed by atoms with Gasteiger partial charge in [-0.25, -0.2) is 0 Å². The van der Waals surface area contributed by atoms with Gasteiger partial charge in [0.1, 0.15) is 0 Å². The van der Waals surface area contributed by atoms with Crippen LogP contribution in [-0.4, -0.2) is 35.7 Å². The van der Waals surface area contributed by atoms with Crippen LogP contribution in [0, 0.1) is 5.92 Å². The van der Waals surface area contributed by atoms with Crippen molar-refractivity contribution in [3.8, 4) is 0 Å². The van der Waals surface area contributed by atoms with E-state index in [0.717, 1.165) is 37.9 Å². The summed E-state index contributed by atoms with van der Waals surface area (Å²) in [5, 5.41) is 2.34. The van der Waals surface area contributed by atoms with Crippen molar-refractivity contribution in [1.82, 2.24) is 10.2 Å². The van der Waals surface area contributed by atoms with Crippen LogP contribution in [0.3, 0.4) is 0 Å². The fraction of sp³-hybridized carbons (Fsp3) is 0.400. The van der Waals surface area contributed by atoms with Gasteiger partial charge >= 0.3 is 0 Å². The van der Waals surface area contributed by atoms with Crippen LogP contribution in [-0.2, 0) is 22.4 Å². The van der Waals surface area contributed by atoms with Crippen LogP contribution in [0.15, 0.2) is 48.5 Å². The number of hydrogen-bond acceptors (Lipinski definition) is 3. The molecule has 2 aliphatic rings. The van der Waals surface area contributed by atoms with Gasteiger partial charge in [0.15, 0.2) is 0 Å². The van der Waals surface area contributed by atoms with E-state index in [2.05, 4.69) is 36.5 Å². The molecule has 2 heterocycles. The molecule has 156 valence electrons. The van der Waals surface area contributed by atoms with Gasteiger partial charge in [0.2, 0.25) is 11.8 Å². The van der Waals surface area contributed by atoms with Crippen LogP contribution in [0.4, 0.5) is 0 Å². The fourth-order valence-electron chi connectivity index (χ4n) is 4.46. The highest BCUT2D eigenvalue weighted by Crippen LogP contribution is 2.29. The minimum Gasteiger partial charge on any atom is -0.339 e. The van der Waals surface area contributed by atoms with Crippen molar-refractivity contribution in [2.45, 2.75) is 44.9 Å². The molecule has 2 aliphatic heterocycles. The van der Waals surface area contributed by atoms with E-state index in [9.17, 15) is 14.4 Å². The highest BCUT2D eigenvalue weighted by atomic mass is 16.2. The Labute approximate surface area is 177 Å². The van der Waals surface area contributed by atoms with Gasteiger partial charge in [0, 0.05) is 25.1 Å². The number of nitrogens with zero attached hydrogens (tertiary/aromatic N) is 1. The number of nitrogens with one attached hydrogen (secondary N) is 1. The van der Waals surface area contributed by atoms with Crippen LogP contribution in [0.25, 0.3) is 0 Å². The smallest absolute Gasteiger partial charge is 0.253 e. The maximum Gasteiger partial charge on any atom is 0.253 e. The van der Waals surface area contributed by atoms with Crippen molar-refractivity contribution in [2.24, 2.45) is 5.92 Å².